The van der Waals surface area contributed by atoms with Gasteiger partial charge in [0.2, 0.25) is 5.88 Å². The van der Waals surface area contributed by atoms with Crippen LogP contribution in [0.15, 0.2) is 41.3 Å². The molecule has 1 aromatic carbocycles. The van der Waals surface area contributed by atoms with Crippen LogP contribution in [-0.2, 0) is 0 Å². The summed E-state index contributed by atoms with van der Waals surface area (Å²) in [5.74, 6) is 1.64. The van der Waals surface area contributed by atoms with Gasteiger partial charge in [-0.15, -0.1) is 11.8 Å². The average Bonchev–Trinajstić information content (AvgIpc) is 2.48. The van der Waals surface area contributed by atoms with Crippen LogP contribution in [0.25, 0.3) is 0 Å². The number of thioether (sulfide) groups is 1. The van der Waals surface area contributed by atoms with Crippen LogP contribution in [0.1, 0.15) is 13.8 Å². The highest BCUT2D eigenvalue weighted by atomic mass is 32.2. The number of aromatic nitrogens is 1. The number of ether oxygens (including phenoxy) is 1. The third-order valence-electron chi connectivity index (χ3n) is 2.79. The van der Waals surface area contributed by atoms with Gasteiger partial charge in [0.1, 0.15) is 5.82 Å². The van der Waals surface area contributed by atoms with Crippen molar-refractivity contribution < 1.29 is 4.74 Å². The molecule has 0 aliphatic heterocycles. The fourth-order valence-corrected chi connectivity index (χ4v) is 2.19. The lowest BCUT2D eigenvalue weighted by Crippen LogP contribution is -2.08. The smallest absolute Gasteiger partial charge is 0.239 e. The Morgan fingerprint density at radius 2 is 2.10 bits per heavy atom. The van der Waals surface area contributed by atoms with E-state index in [9.17, 15) is 0 Å². The van der Waals surface area contributed by atoms with E-state index in [1.807, 2.05) is 24.3 Å². The minimum Gasteiger partial charge on any atom is -0.476 e. The monoisotopic (exact) mass is 303 g/mol. The molecule has 2 aromatic rings. The Kier molecular flexibility index (Phi) is 5.33. The zero-order valence-corrected chi connectivity index (χ0v) is 13.4. The van der Waals surface area contributed by atoms with Crippen LogP contribution in [0.2, 0.25) is 0 Å². The molecule has 1 aromatic heterocycles. The quantitative estimate of drug-likeness (QED) is 0.785. The zero-order chi connectivity index (χ0) is 15.2. The highest BCUT2D eigenvalue weighted by Gasteiger charge is 2.06. The molecule has 4 nitrogen and oxygen atoms in total. The first-order valence-corrected chi connectivity index (χ1v) is 8.11. The summed E-state index contributed by atoms with van der Waals surface area (Å²) in [5, 5.41) is 3.27. The Hall–Kier alpha value is -1.88. The van der Waals surface area contributed by atoms with Crippen molar-refractivity contribution in [1.82, 2.24) is 4.98 Å². The summed E-state index contributed by atoms with van der Waals surface area (Å²) in [6.45, 7) is 4.78. The van der Waals surface area contributed by atoms with Gasteiger partial charge in [0.15, 0.2) is 0 Å². The Labute approximate surface area is 130 Å². The molecule has 0 aliphatic rings. The van der Waals surface area contributed by atoms with Gasteiger partial charge in [0.05, 0.1) is 12.3 Å². The van der Waals surface area contributed by atoms with Gasteiger partial charge >= 0.3 is 0 Å². The molecular weight excluding hydrogens is 282 g/mol. The summed E-state index contributed by atoms with van der Waals surface area (Å²) < 4.78 is 5.64. The number of nitrogens with two attached hydrogens (primary N) is 1. The van der Waals surface area contributed by atoms with Crippen molar-refractivity contribution in [1.29, 1.82) is 0 Å². The minimum atomic E-state index is 0.432. The summed E-state index contributed by atoms with van der Waals surface area (Å²) in [5.41, 5.74) is 7.45. The second-order valence-electron chi connectivity index (χ2n) is 5.15. The van der Waals surface area contributed by atoms with Crippen molar-refractivity contribution in [3.63, 3.8) is 0 Å². The molecule has 112 valence electrons. The number of anilines is 3. The van der Waals surface area contributed by atoms with Crippen molar-refractivity contribution in [2.45, 2.75) is 18.7 Å². The highest BCUT2D eigenvalue weighted by molar-refractivity contribution is 7.98. The number of rotatable bonds is 6. The van der Waals surface area contributed by atoms with Gasteiger partial charge in [-0.2, -0.15) is 4.98 Å². The molecule has 0 bridgehead atoms. The molecule has 0 radical (unpaired) electrons. The van der Waals surface area contributed by atoms with E-state index in [1.165, 1.54) is 4.90 Å². The Morgan fingerprint density at radius 1 is 1.29 bits per heavy atom. The van der Waals surface area contributed by atoms with Gasteiger partial charge in [-0.05, 0) is 42.5 Å². The van der Waals surface area contributed by atoms with Crippen molar-refractivity contribution in [2.24, 2.45) is 5.92 Å². The van der Waals surface area contributed by atoms with Crippen LogP contribution in [0.3, 0.4) is 0 Å². The Bertz CT molecular complexity index is 602. The van der Waals surface area contributed by atoms with Gasteiger partial charge in [0.25, 0.3) is 0 Å². The number of nitrogen functional groups attached to an aromatic ring is 1. The normalized spacial score (nSPS) is 10.7. The lowest BCUT2D eigenvalue weighted by Gasteiger charge is -2.12. The molecule has 0 saturated heterocycles. The first-order chi connectivity index (χ1) is 10.1. The molecule has 0 aliphatic carbocycles. The van der Waals surface area contributed by atoms with Crippen molar-refractivity contribution >= 4 is 29.0 Å². The van der Waals surface area contributed by atoms with Crippen molar-refractivity contribution in [3.8, 4) is 5.88 Å². The number of nitrogens with zero attached hydrogens (tertiary/aromatic N) is 1. The lowest BCUT2D eigenvalue weighted by atomic mass is 10.2. The summed E-state index contributed by atoms with van der Waals surface area (Å²) in [6.07, 6.45) is 2.05. The predicted octanol–water partition coefficient (Wildman–Crippen LogP) is 4.16. The molecule has 21 heavy (non-hydrogen) atoms. The number of nitrogens with one attached hydrogen (secondary N) is 1. The van der Waals surface area contributed by atoms with Gasteiger partial charge < -0.3 is 15.8 Å². The van der Waals surface area contributed by atoms with E-state index >= 15 is 0 Å². The molecule has 5 heteroatoms. The Morgan fingerprint density at radius 3 is 2.81 bits per heavy atom. The first-order valence-electron chi connectivity index (χ1n) is 6.89. The number of hydrogen-bond donors (Lipinski definition) is 2. The molecule has 0 spiro atoms. The molecule has 1 heterocycles. The van der Waals surface area contributed by atoms with Crippen LogP contribution in [0, 0.1) is 5.92 Å². The van der Waals surface area contributed by atoms with Crippen LogP contribution < -0.4 is 15.8 Å². The fourth-order valence-electron chi connectivity index (χ4n) is 1.73. The molecule has 0 amide bonds. The summed E-state index contributed by atoms with van der Waals surface area (Å²) in [6, 6.07) is 11.8. The van der Waals surface area contributed by atoms with Crippen molar-refractivity contribution in [2.75, 3.05) is 23.9 Å². The maximum Gasteiger partial charge on any atom is 0.239 e. The number of hydrogen-bond acceptors (Lipinski definition) is 5. The largest absolute Gasteiger partial charge is 0.476 e. The fraction of sp³-hybridized carbons (Fsp3) is 0.312. The molecular formula is C16H21N3OS. The summed E-state index contributed by atoms with van der Waals surface area (Å²) in [7, 11) is 0. The molecule has 0 saturated carbocycles. The van der Waals surface area contributed by atoms with Crippen LogP contribution in [0.4, 0.5) is 17.2 Å². The molecule has 0 fully saturated rings. The van der Waals surface area contributed by atoms with Crippen LogP contribution in [-0.4, -0.2) is 17.8 Å². The van der Waals surface area contributed by atoms with E-state index in [0.717, 1.165) is 11.5 Å². The van der Waals surface area contributed by atoms with E-state index in [0.29, 0.717) is 24.1 Å². The third-order valence-corrected chi connectivity index (χ3v) is 3.51. The van der Waals surface area contributed by atoms with E-state index in [-0.39, 0.29) is 0 Å². The zero-order valence-electron chi connectivity index (χ0n) is 12.6. The summed E-state index contributed by atoms with van der Waals surface area (Å²) in [4.78, 5) is 5.63. The van der Waals surface area contributed by atoms with Gasteiger partial charge in [0, 0.05) is 10.6 Å². The number of pyridine rings is 1. The van der Waals surface area contributed by atoms with E-state index in [1.54, 1.807) is 11.8 Å². The predicted molar refractivity (Wildman–Crippen MR) is 90.5 cm³/mol. The van der Waals surface area contributed by atoms with Crippen LogP contribution in [0.5, 0.6) is 5.88 Å². The van der Waals surface area contributed by atoms with E-state index < -0.39 is 0 Å². The minimum absolute atomic E-state index is 0.432. The standard InChI is InChI=1S/C16H21N3OS/c1-11(2)10-20-16-14(17)7-8-15(19-16)18-12-5-4-6-13(9-12)21-3/h4-9,11H,10,17H2,1-3H3,(H,18,19). The van der Waals surface area contributed by atoms with Gasteiger partial charge in [-0.1, -0.05) is 19.9 Å². The Balaban J connectivity index is 2.14. The second kappa shape index (κ2) is 7.22. The molecule has 2 rings (SSSR count). The van der Waals surface area contributed by atoms with Crippen molar-refractivity contribution in [3.05, 3.63) is 36.4 Å². The molecule has 0 atom stereocenters. The van der Waals surface area contributed by atoms with Crippen LogP contribution >= 0.6 is 11.8 Å². The highest BCUT2D eigenvalue weighted by Crippen LogP contribution is 2.25. The lowest BCUT2D eigenvalue weighted by molar-refractivity contribution is 0.263. The first kappa shape index (κ1) is 15.5. The SMILES string of the molecule is CSc1cccc(Nc2ccc(N)c(OCC(C)C)n2)c1. The second-order valence-corrected chi connectivity index (χ2v) is 6.03. The molecule has 3 N–H and O–H groups in total. The van der Waals surface area contributed by atoms with E-state index in [2.05, 4.69) is 42.5 Å². The maximum absolute atomic E-state index is 5.90. The summed E-state index contributed by atoms with van der Waals surface area (Å²) >= 11 is 1.71. The van der Waals surface area contributed by atoms with Gasteiger partial charge in [-0.25, -0.2) is 0 Å². The van der Waals surface area contributed by atoms with E-state index in [4.69, 9.17) is 10.5 Å². The third kappa shape index (κ3) is 4.56. The average molecular weight is 303 g/mol. The number of benzene rings is 1. The molecule has 0 unspecified atom stereocenters. The topological polar surface area (TPSA) is 60.2 Å². The maximum atomic E-state index is 5.90. The van der Waals surface area contributed by atoms with Gasteiger partial charge in [-0.3, -0.25) is 0 Å².